The van der Waals surface area contributed by atoms with Crippen molar-refractivity contribution in [3.63, 3.8) is 0 Å². The molecule has 0 saturated heterocycles. The molecule has 0 fully saturated rings. The number of nitrogens with zero attached hydrogens (tertiary/aromatic N) is 1. The van der Waals surface area contributed by atoms with Crippen molar-refractivity contribution in [2.75, 3.05) is 5.32 Å². The third-order valence-corrected chi connectivity index (χ3v) is 8.27. The van der Waals surface area contributed by atoms with Crippen LogP contribution in [0, 0.1) is 5.41 Å². The average Bonchev–Trinajstić information content (AvgIpc) is 3.33. The number of ketones is 1. The van der Waals surface area contributed by atoms with Crippen molar-refractivity contribution in [3.05, 3.63) is 106 Å². The molecule has 0 unspecified atom stereocenters. The number of thiazole rings is 1. The third-order valence-electron chi connectivity index (χ3n) is 7.22. The van der Waals surface area contributed by atoms with Crippen LogP contribution in [0.4, 0.5) is 36.3 Å². The van der Waals surface area contributed by atoms with E-state index in [1.165, 1.54) is 24.3 Å². The fraction of sp³-hybridized carbons (Fsp3) is 0.281. The number of fused-ring (bicyclic) bond motifs is 1. The van der Waals surface area contributed by atoms with Crippen LogP contribution in [0.15, 0.2) is 78.9 Å². The lowest BCUT2D eigenvalue weighted by Crippen LogP contribution is -2.50. The molecule has 3 aromatic carbocycles. The monoisotopic (exact) mass is 663 g/mol. The summed E-state index contributed by atoms with van der Waals surface area (Å²) in [6.45, 7) is 3.86. The van der Waals surface area contributed by atoms with Crippen LogP contribution in [0.2, 0.25) is 0 Å². The number of aromatic nitrogens is 1. The zero-order valence-electron chi connectivity index (χ0n) is 24.4. The van der Waals surface area contributed by atoms with Gasteiger partial charge < -0.3 is 14.8 Å². The van der Waals surface area contributed by atoms with Gasteiger partial charge in [-0.3, -0.25) is 10.1 Å². The summed E-state index contributed by atoms with van der Waals surface area (Å²) in [5.74, 6) is -1.33. The molecular formula is C32H27F6N3O4S. The van der Waals surface area contributed by atoms with Crippen molar-refractivity contribution in [1.82, 2.24) is 10.3 Å². The summed E-state index contributed by atoms with van der Waals surface area (Å²) < 4.78 is 87.6. The van der Waals surface area contributed by atoms with Crippen molar-refractivity contribution >= 4 is 28.3 Å². The smallest absolute Gasteiger partial charge is 0.406 e. The van der Waals surface area contributed by atoms with Gasteiger partial charge in [-0.15, -0.1) is 26.3 Å². The van der Waals surface area contributed by atoms with Gasteiger partial charge in [0.25, 0.3) is 0 Å². The minimum Gasteiger partial charge on any atom is -0.406 e. The molecule has 242 valence electrons. The molecule has 1 aliphatic carbocycles. The van der Waals surface area contributed by atoms with E-state index in [1.54, 1.807) is 30.3 Å². The first kappa shape index (κ1) is 32.8. The van der Waals surface area contributed by atoms with Crippen molar-refractivity contribution in [2.45, 2.75) is 51.4 Å². The molecule has 5 rings (SSSR count). The number of Topliss-reactive ketones (excluding diaryl/α,β-unsaturated/α-hetero) is 1. The molecule has 0 aliphatic heterocycles. The summed E-state index contributed by atoms with van der Waals surface area (Å²) in [4.78, 5) is 31.3. The lowest BCUT2D eigenvalue weighted by Gasteiger charge is -2.37. The number of amides is 2. The largest absolute Gasteiger partial charge is 0.573 e. The summed E-state index contributed by atoms with van der Waals surface area (Å²) in [5, 5.41) is 5.52. The number of anilines is 1. The van der Waals surface area contributed by atoms with Crippen LogP contribution in [0.3, 0.4) is 0 Å². The van der Waals surface area contributed by atoms with E-state index in [0.29, 0.717) is 29.0 Å². The predicted molar refractivity (Wildman–Crippen MR) is 158 cm³/mol. The number of nitrogens with one attached hydrogen (secondary N) is 2. The molecule has 2 N–H and O–H groups in total. The van der Waals surface area contributed by atoms with E-state index in [0.717, 1.165) is 35.6 Å². The van der Waals surface area contributed by atoms with Gasteiger partial charge in [-0.25, -0.2) is 9.78 Å². The van der Waals surface area contributed by atoms with E-state index in [4.69, 9.17) is 0 Å². The van der Waals surface area contributed by atoms with Gasteiger partial charge in [0.15, 0.2) is 10.9 Å². The number of alkyl halides is 6. The predicted octanol–water partition coefficient (Wildman–Crippen LogP) is 8.40. The first-order valence-corrected chi connectivity index (χ1v) is 14.7. The molecule has 0 atom stereocenters. The van der Waals surface area contributed by atoms with E-state index in [1.807, 2.05) is 13.8 Å². The summed E-state index contributed by atoms with van der Waals surface area (Å²) in [6.07, 6.45) is -9.39. The molecule has 2 amide bonds. The Labute approximate surface area is 263 Å². The molecule has 46 heavy (non-hydrogen) atoms. The molecule has 0 bridgehead atoms. The van der Waals surface area contributed by atoms with Crippen LogP contribution in [0.1, 0.15) is 52.3 Å². The number of ether oxygens (including phenoxy) is 2. The molecule has 14 heteroatoms. The normalized spacial score (nSPS) is 14.7. The quantitative estimate of drug-likeness (QED) is 0.185. The van der Waals surface area contributed by atoms with Gasteiger partial charge in [0.05, 0.1) is 16.1 Å². The number of urea groups is 1. The average molecular weight is 664 g/mol. The van der Waals surface area contributed by atoms with E-state index < -0.39 is 35.8 Å². The lowest BCUT2D eigenvalue weighted by molar-refractivity contribution is -0.275. The minimum absolute atomic E-state index is 0.0628. The van der Waals surface area contributed by atoms with Gasteiger partial charge in [-0.05, 0) is 52.8 Å². The van der Waals surface area contributed by atoms with Gasteiger partial charge >= 0.3 is 18.8 Å². The maximum absolute atomic E-state index is 13.8. The second-order valence-electron chi connectivity index (χ2n) is 11.5. The van der Waals surface area contributed by atoms with Crippen molar-refractivity contribution in [1.29, 1.82) is 0 Å². The summed E-state index contributed by atoms with van der Waals surface area (Å²) >= 11 is 0.989. The fourth-order valence-electron chi connectivity index (χ4n) is 5.47. The molecule has 1 aliphatic rings. The van der Waals surface area contributed by atoms with E-state index in [9.17, 15) is 35.9 Å². The lowest BCUT2D eigenvalue weighted by atomic mass is 9.77. The maximum Gasteiger partial charge on any atom is 0.573 e. The number of hydrogen-bond donors (Lipinski definition) is 2. The van der Waals surface area contributed by atoms with Crippen molar-refractivity contribution in [3.8, 4) is 11.5 Å². The maximum atomic E-state index is 13.8. The Balaban J connectivity index is 1.62. The second-order valence-corrected chi connectivity index (χ2v) is 12.5. The number of carbonyl (C=O) groups is 2. The molecular weight excluding hydrogens is 636 g/mol. The highest BCUT2D eigenvalue weighted by molar-refractivity contribution is 7.17. The first-order valence-electron chi connectivity index (χ1n) is 13.9. The summed E-state index contributed by atoms with van der Waals surface area (Å²) in [6, 6.07) is 17.3. The zero-order valence-corrected chi connectivity index (χ0v) is 25.2. The van der Waals surface area contributed by atoms with Crippen LogP contribution >= 0.6 is 11.3 Å². The first-order chi connectivity index (χ1) is 21.5. The van der Waals surface area contributed by atoms with Crippen LogP contribution < -0.4 is 20.1 Å². The van der Waals surface area contributed by atoms with Gasteiger partial charge in [0, 0.05) is 12.8 Å². The highest BCUT2D eigenvalue weighted by Crippen LogP contribution is 2.40. The molecule has 4 aromatic rings. The van der Waals surface area contributed by atoms with Crippen LogP contribution in [0.5, 0.6) is 11.5 Å². The Morgan fingerprint density at radius 2 is 1.41 bits per heavy atom. The fourth-order valence-corrected chi connectivity index (χ4v) is 6.39. The highest BCUT2D eigenvalue weighted by Gasteiger charge is 2.40. The number of hydrogen-bond acceptors (Lipinski definition) is 6. The van der Waals surface area contributed by atoms with Gasteiger partial charge in [-0.2, -0.15) is 0 Å². The molecule has 0 spiro atoms. The second kappa shape index (κ2) is 12.3. The molecule has 0 radical (unpaired) electrons. The number of benzene rings is 3. The van der Waals surface area contributed by atoms with Crippen LogP contribution in [-0.2, 0) is 18.4 Å². The van der Waals surface area contributed by atoms with Crippen LogP contribution in [-0.4, -0.2) is 29.5 Å². The number of rotatable bonds is 8. The number of halogens is 6. The molecule has 7 nitrogen and oxygen atoms in total. The molecule has 1 aromatic heterocycles. The van der Waals surface area contributed by atoms with E-state index >= 15 is 0 Å². The molecule has 1 heterocycles. The van der Waals surface area contributed by atoms with Crippen molar-refractivity contribution < 1.29 is 45.4 Å². The van der Waals surface area contributed by atoms with Gasteiger partial charge in [0.1, 0.15) is 11.5 Å². The SMILES string of the molecule is CC1(C)CC(=O)c2sc(NC(=O)NC(Cc3ccccc3)(c3cccc(OC(F)(F)F)c3)c3cccc(OC(F)(F)F)c3)nc2C1. The Hall–Kier alpha value is -4.59. The topological polar surface area (TPSA) is 89.6 Å². The van der Waals surface area contributed by atoms with Gasteiger partial charge in [-0.1, -0.05) is 79.8 Å². The van der Waals surface area contributed by atoms with Crippen molar-refractivity contribution in [2.24, 2.45) is 5.41 Å². The Morgan fingerprint density at radius 1 is 0.848 bits per heavy atom. The summed E-state index contributed by atoms with van der Waals surface area (Å²) in [7, 11) is 0. The Kier molecular flexibility index (Phi) is 8.77. The van der Waals surface area contributed by atoms with Gasteiger partial charge in [0.2, 0.25) is 0 Å². The van der Waals surface area contributed by atoms with E-state index in [-0.39, 0.29) is 33.9 Å². The summed E-state index contributed by atoms with van der Waals surface area (Å²) in [5.41, 5.74) is -0.859. The molecule has 0 saturated carbocycles. The standard InChI is InChI=1S/C32H27F6N3O4S/c1-29(2)17-24-26(25(42)18-29)46-28(39-24)40-27(43)41-30(16-19-8-4-3-5-9-19,20-10-6-12-22(14-20)44-31(33,34)35)21-11-7-13-23(15-21)45-32(36,37)38/h3-15H,16-18H2,1-2H3,(H2,39,40,41,43). The zero-order chi connectivity index (χ0) is 33.3. The Morgan fingerprint density at radius 3 is 1.96 bits per heavy atom. The Bertz CT molecular complexity index is 1680. The van der Waals surface area contributed by atoms with E-state index in [2.05, 4.69) is 25.1 Å². The van der Waals surface area contributed by atoms with Crippen LogP contribution in [0.25, 0.3) is 0 Å². The number of carbonyl (C=O) groups excluding carboxylic acids is 2. The third kappa shape index (κ3) is 7.97. The minimum atomic E-state index is -5.04. The highest BCUT2D eigenvalue weighted by atomic mass is 32.1.